The van der Waals surface area contributed by atoms with Crippen LogP contribution in [-0.4, -0.2) is 37.0 Å². The summed E-state index contributed by atoms with van der Waals surface area (Å²) in [4.78, 5) is 14.0. The number of hydrogen-bond donors (Lipinski definition) is 1. The molecule has 1 aromatic carbocycles. The minimum atomic E-state index is 0.0858. The van der Waals surface area contributed by atoms with Gasteiger partial charge in [0.1, 0.15) is 5.75 Å². The van der Waals surface area contributed by atoms with Crippen LogP contribution in [0.2, 0.25) is 0 Å². The largest absolute Gasteiger partial charge is 0.484 e. The molecule has 1 N–H and O–H groups in total. The Morgan fingerprint density at radius 3 is 2.55 bits per heavy atom. The molecule has 4 nitrogen and oxygen atoms in total. The second-order valence-corrected chi connectivity index (χ2v) is 5.28. The highest BCUT2D eigenvalue weighted by atomic mass is 16.5. The Balaban J connectivity index is 1.85. The fraction of sp³-hybridized carbons (Fsp3) is 0.562. The monoisotopic (exact) mass is 276 g/mol. The fourth-order valence-electron chi connectivity index (χ4n) is 2.27. The van der Waals surface area contributed by atoms with Crippen LogP contribution < -0.4 is 10.1 Å². The van der Waals surface area contributed by atoms with E-state index in [-0.39, 0.29) is 12.5 Å². The van der Waals surface area contributed by atoms with Crippen molar-refractivity contribution in [1.82, 2.24) is 10.2 Å². The van der Waals surface area contributed by atoms with Crippen LogP contribution in [-0.2, 0) is 4.79 Å². The highest BCUT2D eigenvalue weighted by Gasteiger charge is 2.31. The second-order valence-electron chi connectivity index (χ2n) is 5.28. The van der Waals surface area contributed by atoms with Crippen molar-refractivity contribution in [3.63, 3.8) is 0 Å². The molecule has 0 radical (unpaired) electrons. The van der Waals surface area contributed by atoms with Crippen molar-refractivity contribution >= 4 is 5.91 Å². The van der Waals surface area contributed by atoms with Crippen molar-refractivity contribution < 1.29 is 9.53 Å². The first-order valence-electron chi connectivity index (χ1n) is 7.35. The smallest absolute Gasteiger partial charge is 0.260 e. The summed E-state index contributed by atoms with van der Waals surface area (Å²) < 4.78 is 5.59. The van der Waals surface area contributed by atoms with Gasteiger partial charge in [0, 0.05) is 18.6 Å². The Kier molecular flexibility index (Phi) is 5.01. The van der Waals surface area contributed by atoms with E-state index in [2.05, 4.69) is 12.2 Å². The number of rotatable bonds is 7. The Morgan fingerprint density at radius 1 is 1.40 bits per heavy atom. The van der Waals surface area contributed by atoms with Crippen molar-refractivity contribution in [2.45, 2.75) is 38.8 Å². The van der Waals surface area contributed by atoms with Gasteiger partial charge in [-0.3, -0.25) is 4.79 Å². The topological polar surface area (TPSA) is 41.6 Å². The van der Waals surface area contributed by atoms with Crippen LogP contribution in [0.15, 0.2) is 24.3 Å². The third kappa shape index (κ3) is 3.73. The quantitative estimate of drug-likeness (QED) is 0.831. The van der Waals surface area contributed by atoms with Gasteiger partial charge in [0.05, 0.1) is 0 Å². The highest BCUT2D eigenvalue weighted by molar-refractivity contribution is 5.78. The molecule has 0 saturated heterocycles. The minimum Gasteiger partial charge on any atom is -0.484 e. The van der Waals surface area contributed by atoms with Crippen LogP contribution >= 0.6 is 0 Å². The summed E-state index contributed by atoms with van der Waals surface area (Å²) in [7, 11) is 1.94. The molecule has 0 bridgehead atoms. The van der Waals surface area contributed by atoms with Gasteiger partial charge in [-0.25, -0.2) is 0 Å². The number of carbonyl (C=O) groups is 1. The first-order valence-corrected chi connectivity index (χ1v) is 7.35. The van der Waals surface area contributed by atoms with E-state index in [1.165, 1.54) is 5.56 Å². The summed E-state index contributed by atoms with van der Waals surface area (Å²) in [6.07, 6.45) is 2.27. The Morgan fingerprint density at radius 2 is 2.05 bits per heavy atom. The van der Waals surface area contributed by atoms with E-state index in [9.17, 15) is 4.79 Å². The highest BCUT2D eigenvalue weighted by Crippen LogP contribution is 2.26. The first kappa shape index (κ1) is 14.9. The van der Waals surface area contributed by atoms with Gasteiger partial charge in [0.15, 0.2) is 6.61 Å². The lowest BCUT2D eigenvalue weighted by Gasteiger charge is -2.20. The molecule has 0 heterocycles. The standard InChI is InChI=1S/C16H24N2O2/c1-4-18(14-7-8-14)16(19)11-20-15-9-5-13(6-10-15)12(2)17-3/h5-6,9-10,12,14,17H,4,7-8,11H2,1-3H3. The number of nitrogens with one attached hydrogen (secondary N) is 1. The van der Waals surface area contributed by atoms with Gasteiger partial charge in [-0.2, -0.15) is 0 Å². The van der Waals surface area contributed by atoms with Crippen LogP contribution in [0.1, 0.15) is 38.3 Å². The lowest BCUT2D eigenvalue weighted by molar-refractivity contribution is -0.133. The maximum Gasteiger partial charge on any atom is 0.260 e. The van der Waals surface area contributed by atoms with Crippen molar-refractivity contribution in [3.05, 3.63) is 29.8 Å². The molecule has 1 fully saturated rings. The van der Waals surface area contributed by atoms with Gasteiger partial charge in [-0.05, 0) is 51.4 Å². The van der Waals surface area contributed by atoms with E-state index in [1.807, 2.05) is 43.1 Å². The number of likely N-dealkylation sites (N-methyl/N-ethyl adjacent to an activating group) is 1. The number of amides is 1. The number of carbonyl (C=O) groups excluding carboxylic acids is 1. The number of benzene rings is 1. The zero-order chi connectivity index (χ0) is 14.5. The molecule has 4 heteroatoms. The summed E-state index contributed by atoms with van der Waals surface area (Å²) in [5.41, 5.74) is 1.21. The molecule has 2 rings (SSSR count). The predicted molar refractivity (Wildman–Crippen MR) is 79.8 cm³/mol. The average Bonchev–Trinajstić information content (AvgIpc) is 3.30. The van der Waals surface area contributed by atoms with Crippen molar-refractivity contribution in [2.24, 2.45) is 0 Å². The van der Waals surface area contributed by atoms with Gasteiger partial charge in [-0.15, -0.1) is 0 Å². The molecule has 1 unspecified atom stereocenters. The fourth-order valence-corrected chi connectivity index (χ4v) is 2.27. The van der Waals surface area contributed by atoms with Gasteiger partial charge < -0.3 is 15.0 Å². The molecular weight excluding hydrogens is 252 g/mol. The van der Waals surface area contributed by atoms with Crippen LogP contribution in [0, 0.1) is 0 Å². The number of ether oxygens (including phenoxy) is 1. The molecule has 1 saturated carbocycles. The zero-order valence-corrected chi connectivity index (χ0v) is 12.6. The maximum absolute atomic E-state index is 12.0. The lowest BCUT2D eigenvalue weighted by Crippen LogP contribution is -2.36. The van der Waals surface area contributed by atoms with E-state index < -0.39 is 0 Å². The second kappa shape index (κ2) is 6.75. The number of hydrogen-bond acceptors (Lipinski definition) is 3. The minimum absolute atomic E-state index is 0.0858. The SMILES string of the molecule is CCN(C(=O)COc1ccc(C(C)NC)cc1)C1CC1. The third-order valence-corrected chi connectivity index (χ3v) is 3.82. The molecule has 20 heavy (non-hydrogen) atoms. The van der Waals surface area contributed by atoms with E-state index in [4.69, 9.17) is 4.74 Å². The first-order chi connectivity index (χ1) is 9.65. The molecular formula is C16H24N2O2. The van der Waals surface area contributed by atoms with Crippen LogP contribution in [0.25, 0.3) is 0 Å². The van der Waals surface area contributed by atoms with Crippen molar-refractivity contribution in [2.75, 3.05) is 20.2 Å². The number of nitrogens with zero attached hydrogens (tertiary/aromatic N) is 1. The predicted octanol–water partition coefficient (Wildman–Crippen LogP) is 2.36. The third-order valence-electron chi connectivity index (χ3n) is 3.82. The molecule has 1 aliphatic rings. The molecule has 1 amide bonds. The molecule has 1 atom stereocenters. The summed E-state index contributed by atoms with van der Waals surface area (Å²) in [6, 6.07) is 8.66. The molecule has 110 valence electrons. The van der Waals surface area contributed by atoms with Crippen LogP contribution in [0.3, 0.4) is 0 Å². The van der Waals surface area contributed by atoms with E-state index in [1.54, 1.807) is 0 Å². The molecule has 0 spiro atoms. The lowest BCUT2D eigenvalue weighted by atomic mass is 10.1. The normalized spacial score (nSPS) is 15.8. The maximum atomic E-state index is 12.0. The Labute approximate surface area is 121 Å². The zero-order valence-electron chi connectivity index (χ0n) is 12.6. The molecule has 0 aliphatic heterocycles. The van der Waals surface area contributed by atoms with Crippen molar-refractivity contribution in [1.29, 1.82) is 0 Å². The molecule has 1 aliphatic carbocycles. The Hall–Kier alpha value is -1.55. The Bertz CT molecular complexity index is 440. The summed E-state index contributed by atoms with van der Waals surface area (Å²) in [5, 5.41) is 3.19. The van der Waals surface area contributed by atoms with Gasteiger partial charge in [0.2, 0.25) is 0 Å². The van der Waals surface area contributed by atoms with E-state index >= 15 is 0 Å². The summed E-state index contributed by atoms with van der Waals surface area (Å²) in [5.74, 6) is 0.833. The van der Waals surface area contributed by atoms with Gasteiger partial charge in [0.25, 0.3) is 5.91 Å². The van der Waals surface area contributed by atoms with Gasteiger partial charge in [-0.1, -0.05) is 12.1 Å². The summed E-state index contributed by atoms with van der Waals surface area (Å²) >= 11 is 0. The molecule has 0 aromatic heterocycles. The van der Waals surface area contributed by atoms with E-state index in [0.717, 1.165) is 25.1 Å². The summed E-state index contributed by atoms with van der Waals surface area (Å²) in [6.45, 7) is 5.02. The molecule has 1 aromatic rings. The van der Waals surface area contributed by atoms with Gasteiger partial charge >= 0.3 is 0 Å². The average molecular weight is 276 g/mol. The van der Waals surface area contributed by atoms with Crippen molar-refractivity contribution in [3.8, 4) is 5.75 Å². The van der Waals surface area contributed by atoms with E-state index in [0.29, 0.717) is 12.1 Å². The van der Waals surface area contributed by atoms with Crippen LogP contribution in [0.5, 0.6) is 5.75 Å². The van der Waals surface area contributed by atoms with Crippen LogP contribution in [0.4, 0.5) is 0 Å².